The van der Waals surface area contributed by atoms with E-state index >= 15 is 0 Å². The fourth-order valence-electron chi connectivity index (χ4n) is 3.08. The molecule has 0 aliphatic heterocycles. The van der Waals surface area contributed by atoms with E-state index in [0.717, 1.165) is 0 Å². The van der Waals surface area contributed by atoms with E-state index in [1.165, 1.54) is 21.3 Å². The minimum Gasteiger partial charge on any atom is -0.493 e. The highest BCUT2D eigenvalue weighted by Crippen LogP contribution is 2.38. The Kier molecular flexibility index (Phi) is 9.74. The predicted molar refractivity (Wildman–Crippen MR) is 131 cm³/mol. The first kappa shape index (κ1) is 27.3. The van der Waals surface area contributed by atoms with Gasteiger partial charge in [-0.05, 0) is 44.5 Å². The second-order valence-corrected chi connectivity index (χ2v) is 8.48. The number of amides is 3. The molecule has 0 radical (unpaired) electrons. The van der Waals surface area contributed by atoms with Gasteiger partial charge < -0.3 is 34.9 Å². The summed E-state index contributed by atoms with van der Waals surface area (Å²) >= 11 is 0. The molecule has 2 aromatic carbocycles. The van der Waals surface area contributed by atoms with Crippen LogP contribution in [0.15, 0.2) is 36.4 Å². The van der Waals surface area contributed by atoms with Crippen molar-refractivity contribution in [2.24, 2.45) is 0 Å². The minimum absolute atomic E-state index is 0.0825. The van der Waals surface area contributed by atoms with Gasteiger partial charge in [-0.25, -0.2) is 4.79 Å². The summed E-state index contributed by atoms with van der Waals surface area (Å²) in [5, 5.41) is 8.18. The molecule has 0 aliphatic rings. The van der Waals surface area contributed by atoms with E-state index in [9.17, 15) is 14.4 Å². The molecule has 3 amide bonds. The molecular formula is C25H33N3O7. The van der Waals surface area contributed by atoms with Crippen molar-refractivity contribution in [1.82, 2.24) is 10.6 Å². The third-order valence-corrected chi connectivity index (χ3v) is 4.69. The first-order valence-corrected chi connectivity index (χ1v) is 11.0. The van der Waals surface area contributed by atoms with Gasteiger partial charge in [0.25, 0.3) is 5.91 Å². The number of hydrogen-bond donors (Lipinski definition) is 3. The second-order valence-electron chi connectivity index (χ2n) is 8.48. The Morgan fingerprint density at radius 3 is 2.09 bits per heavy atom. The number of benzene rings is 2. The fraction of sp³-hybridized carbons (Fsp3) is 0.400. The Hall–Kier alpha value is -3.95. The molecule has 2 aromatic rings. The van der Waals surface area contributed by atoms with Gasteiger partial charge >= 0.3 is 6.09 Å². The number of para-hydroxylation sites is 1. The van der Waals surface area contributed by atoms with Gasteiger partial charge in [0.1, 0.15) is 5.60 Å². The van der Waals surface area contributed by atoms with Gasteiger partial charge in [0, 0.05) is 30.8 Å². The lowest BCUT2D eigenvalue weighted by Gasteiger charge is -2.19. The quantitative estimate of drug-likeness (QED) is 0.469. The van der Waals surface area contributed by atoms with E-state index in [4.69, 9.17) is 18.9 Å². The molecule has 0 aromatic heterocycles. The Morgan fingerprint density at radius 2 is 1.51 bits per heavy atom. The maximum absolute atomic E-state index is 12.9. The summed E-state index contributed by atoms with van der Waals surface area (Å²) in [7, 11) is 4.43. The van der Waals surface area contributed by atoms with E-state index in [1.54, 1.807) is 57.2 Å². The highest BCUT2D eigenvalue weighted by molar-refractivity contribution is 6.05. The van der Waals surface area contributed by atoms with Gasteiger partial charge in [0.15, 0.2) is 11.5 Å². The van der Waals surface area contributed by atoms with Crippen LogP contribution in [0, 0.1) is 0 Å². The van der Waals surface area contributed by atoms with Crippen molar-refractivity contribution < 1.29 is 33.3 Å². The molecule has 0 saturated carbocycles. The van der Waals surface area contributed by atoms with Crippen molar-refractivity contribution in [3.05, 3.63) is 47.5 Å². The van der Waals surface area contributed by atoms with Gasteiger partial charge in [-0.3, -0.25) is 9.59 Å². The number of carbonyl (C=O) groups is 3. The molecule has 0 atom stereocenters. The summed E-state index contributed by atoms with van der Waals surface area (Å²) in [4.78, 5) is 36.8. The van der Waals surface area contributed by atoms with Gasteiger partial charge in [0.2, 0.25) is 11.7 Å². The molecule has 10 nitrogen and oxygen atoms in total. The minimum atomic E-state index is -0.609. The lowest BCUT2D eigenvalue weighted by atomic mass is 10.1. The monoisotopic (exact) mass is 487 g/mol. The van der Waals surface area contributed by atoms with Crippen LogP contribution in [0.5, 0.6) is 17.2 Å². The van der Waals surface area contributed by atoms with E-state index in [2.05, 4.69) is 16.0 Å². The zero-order chi connectivity index (χ0) is 26.0. The number of ether oxygens (including phenoxy) is 4. The van der Waals surface area contributed by atoms with Crippen LogP contribution in [0.1, 0.15) is 43.1 Å². The van der Waals surface area contributed by atoms with Crippen molar-refractivity contribution in [2.45, 2.75) is 39.3 Å². The van der Waals surface area contributed by atoms with Crippen molar-refractivity contribution in [1.29, 1.82) is 0 Å². The molecule has 0 unspecified atom stereocenters. The maximum atomic E-state index is 12.9. The summed E-state index contributed by atoms with van der Waals surface area (Å²) < 4.78 is 21.1. The molecule has 0 fully saturated rings. The van der Waals surface area contributed by atoms with Gasteiger partial charge in [-0.15, -0.1) is 0 Å². The summed E-state index contributed by atoms with van der Waals surface area (Å²) in [5.41, 5.74) is 0.953. The molecule has 0 saturated heterocycles. The molecule has 0 spiro atoms. The molecule has 3 N–H and O–H groups in total. The highest BCUT2D eigenvalue weighted by atomic mass is 16.6. The average Bonchev–Trinajstić information content (AvgIpc) is 2.81. The summed E-state index contributed by atoms with van der Waals surface area (Å²) in [5.74, 6) is 0.460. The van der Waals surface area contributed by atoms with Crippen molar-refractivity contribution in [3.63, 3.8) is 0 Å². The van der Waals surface area contributed by atoms with Crippen LogP contribution >= 0.6 is 0 Å². The lowest BCUT2D eigenvalue weighted by Crippen LogP contribution is -2.35. The molecule has 10 heteroatoms. The van der Waals surface area contributed by atoms with E-state index in [1.807, 2.05) is 0 Å². The Labute approximate surface area is 205 Å². The van der Waals surface area contributed by atoms with Crippen molar-refractivity contribution >= 4 is 23.6 Å². The van der Waals surface area contributed by atoms with Gasteiger partial charge in [-0.1, -0.05) is 18.2 Å². The third kappa shape index (κ3) is 8.40. The maximum Gasteiger partial charge on any atom is 0.407 e. The Bertz CT molecular complexity index is 1020. The van der Waals surface area contributed by atoms with Crippen LogP contribution in [0.3, 0.4) is 0 Å². The standard InChI is InChI=1S/C25H33N3O7/c1-25(2,3)35-24(31)26-12-11-21(29)27-15-16-9-7-8-10-18(16)28-23(30)17-13-19(32-4)22(34-6)20(14-17)33-5/h7-10,13-14H,11-12,15H2,1-6H3,(H,26,31)(H,27,29)(H,28,30). The lowest BCUT2D eigenvalue weighted by molar-refractivity contribution is -0.121. The Balaban J connectivity index is 1.99. The van der Waals surface area contributed by atoms with Crippen LogP contribution < -0.4 is 30.2 Å². The number of rotatable bonds is 10. The van der Waals surface area contributed by atoms with Crippen LogP contribution in [0.25, 0.3) is 0 Å². The van der Waals surface area contributed by atoms with E-state index < -0.39 is 11.7 Å². The number of carbonyl (C=O) groups excluding carboxylic acids is 3. The Morgan fingerprint density at radius 1 is 0.886 bits per heavy atom. The summed E-state index contributed by atoms with van der Waals surface area (Å²) in [6, 6.07) is 10.2. The van der Waals surface area contributed by atoms with Crippen LogP contribution in [0.4, 0.5) is 10.5 Å². The highest BCUT2D eigenvalue weighted by Gasteiger charge is 2.18. The number of anilines is 1. The SMILES string of the molecule is COc1cc(C(=O)Nc2ccccc2CNC(=O)CCNC(=O)OC(C)(C)C)cc(OC)c1OC. The molecule has 0 bridgehead atoms. The average molecular weight is 488 g/mol. The van der Waals surface area contributed by atoms with E-state index in [0.29, 0.717) is 34.1 Å². The van der Waals surface area contributed by atoms with Gasteiger partial charge in [0.05, 0.1) is 21.3 Å². The fourth-order valence-corrected chi connectivity index (χ4v) is 3.08. The molecular weight excluding hydrogens is 454 g/mol. The van der Waals surface area contributed by atoms with E-state index in [-0.39, 0.29) is 31.3 Å². The molecule has 35 heavy (non-hydrogen) atoms. The first-order valence-electron chi connectivity index (χ1n) is 11.0. The smallest absolute Gasteiger partial charge is 0.407 e. The van der Waals surface area contributed by atoms with Crippen LogP contribution in [-0.2, 0) is 16.1 Å². The molecule has 190 valence electrons. The number of nitrogens with one attached hydrogen (secondary N) is 3. The first-order chi connectivity index (χ1) is 16.6. The summed E-state index contributed by atoms with van der Waals surface area (Å²) in [6.45, 7) is 5.61. The molecule has 0 aliphatic carbocycles. The van der Waals surface area contributed by atoms with Crippen LogP contribution in [0.2, 0.25) is 0 Å². The normalized spacial score (nSPS) is 10.7. The second kappa shape index (κ2) is 12.5. The molecule has 2 rings (SSSR count). The zero-order valence-electron chi connectivity index (χ0n) is 20.9. The van der Waals surface area contributed by atoms with Crippen LogP contribution in [-0.4, -0.2) is 51.4 Å². The largest absolute Gasteiger partial charge is 0.493 e. The number of methoxy groups -OCH3 is 3. The third-order valence-electron chi connectivity index (χ3n) is 4.69. The zero-order valence-corrected chi connectivity index (χ0v) is 20.9. The number of hydrogen-bond acceptors (Lipinski definition) is 7. The molecule has 0 heterocycles. The summed E-state index contributed by atoms with van der Waals surface area (Å²) in [6.07, 6.45) is -0.496. The predicted octanol–water partition coefficient (Wildman–Crippen LogP) is 3.50. The van der Waals surface area contributed by atoms with Gasteiger partial charge in [-0.2, -0.15) is 0 Å². The topological polar surface area (TPSA) is 124 Å². The van der Waals surface area contributed by atoms with Crippen molar-refractivity contribution in [3.8, 4) is 17.2 Å². The van der Waals surface area contributed by atoms with Crippen molar-refractivity contribution in [2.75, 3.05) is 33.2 Å². The number of alkyl carbamates (subject to hydrolysis) is 1.